The molecular weight excluding hydrogens is 356 g/mol. The topological polar surface area (TPSA) is 92.5 Å². The number of anilines is 2. The van der Waals surface area contributed by atoms with E-state index in [0.29, 0.717) is 0 Å². The van der Waals surface area contributed by atoms with Gasteiger partial charge in [-0.1, -0.05) is 36.5 Å². The van der Waals surface area contributed by atoms with E-state index >= 15 is 0 Å². The lowest BCUT2D eigenvalue weighted by atomic mass is 10.00. The number of hydrogen-bond donors (Lipinski definition) is 3. The van der Waals surface area contributed by atoms with Crippen LogP contribution >= 0.6 is 11.3 Å². The third-order valence-corrected chi connectivity index (χ3v) is 5.76. The van der Waals surface area contributed by atoms with E-state index in [-0.39, 0.29) is 6.04 Å². The zero-order chi connectivity index (χ0) is 19.0. The van der Waals surface area contributed by atoms with Crippen LogP contribution in [0.15, 0.2) is 36.4 Å². The van der Waals surface area contributed by atoms with Crippen molar-refractivity contribution in [3.05, 3.63) is 53.2 Å². The van der Waals surface area contributed by atoms with Gasteiger partial charge in [0.1, 0.15) is 5.01 Å². The van der Waals surface area contributed by atoms with Crippen molar-refractivity contribution in [2.24, 2.45) is 0 Å². The molecule has 0 amide bonds. The quantitative estimate of drug-likeness (QED) is 0.432. The predicted octanol–water partition coefficient (Wildman–Crippen LogP) is 4.84. The summed E-state index contributed by atoms with van der Waals surface area (Å²) in [5.41, 5.74) is 12.4. The van der Waals surface area contributed by atoms with Gasteiger partial charge >= 0.3 is 0 Å². The standard InChI is InChI=1S/C20H22N6S/c1-4-16(14-7-5-6-11(2)18(14)21)22-20-26-25-19(27-20)13-8-9-17-15(10-13)12(3)23-24-17/h5-10,16H,4,21H2,1-3H3,(H,22,26)(H,23,24)/t16-/m0/s1. The summed E-state index contributed by atoms with van der Waals surface area (Å²) >= 11 is 1.55. The first-order chi connectivity index (χ1) is 13.1. The molecule has 2 heterocycles. The third-order valence-electron chi connectivity index (χ3n) is 4.86. The number of nitrogens with one attached hydrogen (secondary N) is 2. The molecular formula is C20H22N6S. The molecule has 0 aliphatic rings. The molecule has 0 aliphatic heterocycles. The predicted molar refractivity (Wildman–Crippen MR) is 112 cm³/mol. The van der Waals surface area contributed by atoms with Gasteiger partial charge in [0.25, 0.3) is 0 Å². The van der Waals surface area contributed by atoms with E-state index < -0.39 is 0 Å². The van der Waals surface area contributed by atoms with E-state index in [2.05, 4.69) is 44.8 Å². The van der Waals surface area contributed by atoms with Crippen molar-refractivity contribution in [2.45, 2.75) is 33.2 Å². The summed E-state index contributed by atoms with van der Waals surface area (Å²) in [6.07, 6.45) is 0.905. The molecule has 0 saturated carbocycles. The minimum absolute atomic E-state index is 0.101. The van der Waals surface area contributed by atoms with Crippen LogP contribution < -0.4 is 11.1 Å². The lowest BCUT2D eigenvalue weighted by molar-refractivity contribution is 0.747. The van der Waals surface area contributed by atoms with Crippen LogP contribution in [0.25, 0.3) is 21.5 Å². The number of aromatic amines is 1. The maximum absolute atomic E-state index is 6.28. The van der Waals surface area contributed by atoms with Crippen LogP contribution in [0.4, 0.5) is 10.8 Å². The molecule has 7 heteroatoms. The number of nitrogens with two attached hydrogens (primary N) is 1. The number of fused-ring (bicyclic) bond motifs is 1. The second kappa shape index (κ2) is 7.00. The number of para-hydroxylation sites is 1. The van der Waals surface area contributed by atoms with E-state index in [1.165, 1.54) is 0 Å². The lowest BCUT2D eigenvalue weighted by Crippen LogP contribution is -2.12. The highest BCUT2D eigenvalue weighted by Crippen LogP contribution is 2.33. The van der Waals surface area contributed by atoms with Crippen molar-refractivity contribution in [3.63, 3.8) is 0 Å². The summed E-state index contributed by atoms with van der Waals surface area (Å²) < 4.78 is 0. The van der Waals surface area contributed by atoms with Crippen LogP contribution in [0.1, 0.15) is 36.2 Å². The second-order valence-electron chi connectivity index (χ2n) is 6.68. The fourth-order valence-electron chi connectivity index (χ4n) is 3.23. The molecule has 2 aromatic heterocycles. The molecule has 0 bridgehead atoms. The van der Waals surface area contributed by atoms with Crippen LogP contribution in [0.5, 0.6) is 0 Å². The van der Waals surface area contributed by atoms with Crippen molar-refractivity contribution in [1.29, 1.82) is 0 Å². The van der Waals surface area contributed by atoms with Crippen LogP contribution in [0, 0.1) is 13.8 Å². The van der Waals surface area contributed by atoms with Gasteiger partial charge in [-0.25, -0.2) is 0 Å². The Morgan fingerprint density at radius 2 is 2.04 bits per heavy atom. The summed E-state index contributed by atoms with van der Waals surface area (Å²) in [5, 5.41) is 22.3. The van der Waals surface area contributed by atoms with Crippen LogP contribution in [-0.2, 0) is 0 Å². The summed E-state index contributed by atoms with van der Waals surface area (Å²) in [5.74, 6) is 0. The molecule has 0 unspecified atom stereocenters. The summed E-state index contributed by atoms with van der Waals surface area (Å²) in [6.45, 7) is 6.18. The molecule has 0 fully saturated rings. The number of hydrogen-bond acceptors (Lipinski definition) is 6. The SMILES string of the molecule is CC[C@H](Nc1nnc(-c2ccc3n[nH]c(C)c3c2)s1)c1cccc(C)c1N. The molecule has 0 aliphatic carbocycles. The molecule has 1 atom stereocenters. The first-order valence-corrected chi connectivity index (χ1v) is 9.78. The van der Waals surface area contributed by atoms with E-state index in [1.807, 2.05) is 38.1 Å². The van der Waals surface area contributed by atoms with Gasteiger partial charge in [-0.3, -0.25) is 5.10 Å². The van der Waals surface area contributed by atoms with Gasteiger partial charge in [0.05, 0.1) is 11.6 Å². The van der Waals surface area contributed by atoms with Gasteiger partial charge in [0.2, 0.25) is 5.13 Å². The molecule has 4 N–H and O–H groups in total. The number of aromatic nitrogens is 4. The Labute approximate surface area is 161 Å². The van der Waals surface area contributed by atoms with Crippen molar-refractivity contribution < 1.29 is 0 Å². The van der Waals surface area contributed by atoms with Crippen LogP contribution in [0.3, 0.4) is 0 Å². The number of nitrogen functional groups attached to an aromatic ring is 1. The van der Waals surface area contributed by atoms with Crippen LogP contribution in [-0.4, -0.2) is 20.4 Å². The Kier molecular flexibility index (Phi) is 4.53. The molecule has 0 saturated heterocycles. The smallest absolute Gasteiger partial charge is 0.206 e. The van der Waals surface area contributed by atoms with Gasteiger partial charge in [-0.2, -0.15) is 5.10 Å². The fourth-order valence-corrected chi connectivity index (χ4v) is 4.02. The first kappa shape index (κ1) is 17.5. The van der Waals surface area contributed by atoms with E-state index in [0.717, 1.165) is 55.5 Å². The molecule has 138 valence electrons. The Balaban J connectivity index is 1.61. The molecule has 0 spiro atoms. The summed E-state index contributed by atoms with van der Waals surface area (Å²) in [4.78, 5) is 0. The highest BCUT2D eigenvalue weighted by Gasteiger charge is 2.16. The molecule has 0 radical (unpaired) electrons. The monoisotopic (exact) mass is 378 g/mol. The second-order valence-corrected chi connectivity index (χ2v) is 7.65. The van der Waals surface area contributed by atoms with E-state index in [9.17, 15) is 0 Å². The molecule has 4 aromatic rings. The van der Waals surface area contributed by atoms with Gasteiger partial charge < -0.3 is 11.1 Å². The van der Waals surface area contributed by atoms with Crippen LogP contribution in [0.2, 0.25) is 0 Å². The zero-order valence-electron chi connectivity index (χ0n) is 15.6. The Bertz CT molecular complexity index is 1100. The van der Waals surface area contributed by atoms with Gasteiger partial charge in [0, 0.05) is 22.3 Å². The number of benzene rings is 2. The molecule has 2 aromatic carbocycles. The van der Waals surface area contributed by atoms with Gasteiger partial charge in [0.15, 0.2) is 0 Å². The first-order valence-electron chi connectivity index (χ1n) is 8.97. The minimum atomic E-state index is 0.101. The molecule has 27 heavy (non-hydrogen) atoms. The third kappa shape index (κ3) is 3.26. The highest BCUT2D eigenvalue weighted by atomic mass is 32.1. The summed E-state index contributed by atoms with van der Waals surface area (Å²) in [7, 11) is 0. The van der Waals surface area contributed by atoms with Crippen molar-refractivity contribution in [2.75, 3.05) is 11.1 Å². The largest absolute Gasteiger partial charge is 0.398 e. The average Bonchev–Trinajstić information content (AvgIpc) is 3.29. The Morgan fingerprint density at radius 3 is 2.85 bits per heavy atom. The minimum Gasteiger partial charge on any atom is -0.398 e. The Hall–Kier alpha value is -2.93. The van der Waals surface area contributed by atoms with Gasteiger partial charge in [-0.15, -0.1) is 10.2 Å². The maximum atomic E-state index is 6.28. The lowest BCUT2D eigenvalue weighted by Gasteiger charge is -2.19. The average molecular weight is 379 g/mol. The van der Waals surface area contributed by atoms with Crippen molar-refractivity contribution in [1.82, 2.24) is 20.4 Å². The Morgan fingerprint density at radius 1 is 1.19 bits per heavy atom. The number of aryl methyl sites for hydroxylation is 2. The molecule has 4 rings (SSSR count). The fraction of sp³-hybridized carbons (Fsp3) is 0.250. The molecule has 6 nitrogen and oxygen atoms in total. The zero-order valence-corrected chi connectivity index (χ0v) is 16.4. The number of H-pyrrole nitrogens is 1. The number of nitrogens with zero attached hydrogens (tertiary/aromatic N) is 3. The van der Waals surface area contributed by atoms with Gasteiger partial charge in [-0.05, 0) is 49.6 Å². The normalized spacial score (nSPS) is 12.4. The highest BCUT2D eigenvalue weighted by molar-refractivity contribution is 7.18. The number of rotatable bonds is 5. The van der Waals surface area contributed by atoms with E-state index in [1.54, 1.807) is 11.3 Å². The summed E-state index contributed by atoms with van der Waals surface area (Å²) in [6, 6.07) is 12.4. The maximum Gasteiger partial charge on any atom is 0.206 e. The van der Waals surface area contributed by atoms with E-state index in [4.69, 9.17) is 5.73 Å². The van der Waals surface area contributed by atoms with Crippen molar-refractivity contribution in [3.8, 4) is 10.6 Å². The van der Waals surface area contributed by atoms with Crippen molar-refractivity contribution >= 4 is 33.1 Å².